The minimum Gasteiger partial charge on any atom is -0.493 e. The molecule has 9 heteroatoms. The number of fused-ring (bicyclic) bond motifs is 1. The van der Waals surface area contributed by atoms with Gasteiger partial charge >= 0.3 is 0 Å². The quantitative estimate of drug-likeness (QED) is 0.493. The molecule has 0 radical (unpaired) electrons. The van der Waals surface area contributed by atoms with Gasteiger partial charge < -0.3 is 19.5 Å². The predicted molar refractivity (Wildman–Crippen MR) is 130 cm³/mol. The number of nitrogens with one attached hydrogen (secondary N) is 1. The lowest BCUT2D eigenvalue weighted by molar-refractivity contribution is -0.116. The van der Waals surface area contributed by atoms with Crippen LogP contribution in [0.4, 0.5) is 5.95 Å². The summed E-state index contributed by atoms with van der Waals surface area (Å²) in [6.45, 7) is 0. The highest BCUT2D eigenvalue weighted by Gasteiger charge is 2.39. The third-order valence-corrected chi connectivity index (χ3v) is 7.00. The molecule has 1 aliphatic heterocycles. The van der Waals surface area contributed by atoms with Gasteiger partial charge in [0, 0.05) is 29.0 Å². The van der Waals surface area contributed by atoms with Crippen molar-refractivity contribution in [3.05, 3.63) is 64.9 Å². The van der Waals surface area contributed by atoms with Gasteiger partial charge in [0.25, 0.3) is 0 Å². The van der Waals surface area contributed by atoms with Crippen LogP contribution in [0, 0.1) is 0 Å². The summed E-state index contributed by atoms with van der Waals surface area (Å²) < 4.78 is 18.6. The van der Waals surface area contributed by atoms with Crippen molar-refractivity contribution < 1.29 is 19.0 Å². The molecule has 1 aliphatic carbocycles. The second-order valence-electron chi connectivity index (χ2n) is 8.06. The van der Waals surface area contributed by atoms with Crippen LogP contribution in [-0.4, -0.2) is 41.9 Å². The lowest BCUT2D eigenvalue weighted by Crippen LogP contribution is -2.31. The van der Waals surface area contributed by atoms with Crippen LogP contribution in [0.1, 0.15) is 36.4 Å². The first-order valence-corrected chi connectivity index (χ1v) is 12.1. The molecule has 2 aromatic carbocycles. The number of methoxy groups -OCH3 is 3. The molecule has 34 heavy (non-hydrogen) atoms. The molecule has 0 amide bonds. The number of carbonyl (C=O) groups excluding carboxylic acids is 1. The molecule has 1 unspecified atom stereocenters. The maximum absolute atomic E-state index is 13.2. The summed E-state index contributed by atoms with van der Waals surface area (Å²) in [4.78, 5) is 17.9. The number of hydrogen-bond acceptors (Lipinski definition) is 8. The van der Waals surface area contributed by atoms with E-state index >= 15 is 0 Å². The summed E-state index contributed by atoms with van der Waals surface area (Å²) >= 11 is 1.56. The highest BCUT2D eigenvalue weighted by molar-refractivity contribution is 7.98. The fraction of sp³-hybridized carbons (Fsp3) is 0.320. The van der Waals surface area contributed by atoms with Gasteiger partial charge in [-0.25, -0.2) is 4.68 Å². The predicted octanol–water partition coefficient (Wildman–Crippen LogP) is 4.62. The summed E-state index contributed by atoms with van der Waals surface area (Å²) in [5.41, 5.74) is 3.57. The highest BCUT2D eigenvalue weighted by Crippen LogP contribution is 2.48. The number of ether oxygens (including phenoxy) is 3. The number of rotatable bonds is 7. The maximum atomic E-state index is 13.2. The maximum Gasteiger partial charge on any atom is 0.227 e. The van der Waals surface area contributed by atoms with Gasteiger partial charge in [0.1, 0.15) is 6.04 Å². The zero-order valence-electron chi connectivity index (χ0n) is 19.3. The Labute approximate surface area is 202 Å². The first-order chi connectivity index (χ1) is 16.6. The third-order valence-electron chi connectivity index (χ3n) is 6.09. The number of nitrogens with zero attached hydrogens (tertiary/aromatic N) is 3. The fourth-order valence-electron chi connectivity index (χ4n) is 4.55. The van der Waals surface area contributed by atoms with Crippen molar-refractivity contribution in [2.24, 2.45) is 0 Å². The van der Waals surface area contributed by atoms with Gasteiger partial charge in [-0.2, -0.15) is 4.98 Å². The van der Waals surface area contributed by atoms with Gasteiger partial charge in [0.15, 0.2) is 17.3 Å². The van der Waals surface area contributed by atoms with Gasteiger partial charge in [0.2, 0.25) is 16.9 Å². The zero-order chi connectivity index (χ0) is 23.7. The molecular weight excluding hydrogens is 452 g/mol. The second kappa shape index (κ2) is 9.42. The zero-order valence-corrected chi connectivity index (χ0v) is 20.1. The number of benzene rings is 2. The first kappa shape index (κ1) is 22.3. The van der Waals surface area contributed by atoms with E-state index in [2.05, 4.69) is 17.4 Å². The summed E-state index contributed by atoms with van der Waals surface area (Å²) in [6.07, 6.45) is 2.10. The van der Waals surface area contributed by atoms with Crippen LogP contribution in [0.3, 0.4) is 0 Å². The van der Waals surface area contributed by atoms with E-state index in [9.17, 15) is 4.79 Å². The van der Waals surface area contributed by atoms with E-state index in [0.29, 0.717) is 40.3 Å². The van der Waals surface area contributed by atoms with Crippen LogP contribution < -0.4 is 19.5 Å². The average Bonchev–Trinajstić information content (AvgIpc) is 3.28. The molecule has 3 aromatic rings. The number of anilines is 1. The molecule has 0 bridgehead atoms. The van der Waals surface area contributed by atoms with Crippen molar-refractivity contribution in [3.63, 3.8) is 0 Å². The Hall–Kier alpha value is -3.46. The number of aromatic nitrogens is 3. The molecule has 2 aliphatic rings. The van der Waals surface area contributed by atoms with Gasteiger partial charge in [0.05, 0.1) is 21.3 Å². The molecule has 0 fully saturated rings. The van der Waals surface area contributed by atoms with Crippen molar-refractivity contribution in [1.29, 1.82) is 0 Å². The number of carbonyl (C=O) groups is 1. The van der Waals surface area contributed by atoms with Gasteiger partial charge in [-0.15, -0.1) is 5.10 Å². The summed E-state index contributed by atoms with van der Waals surface area (Å²) in [5, 5.41) is 8.83. The topological polar surface area (TPSA) is 87.5 Å². The van der Waals surface area contributed by atoms with Crippen molar-refractivity contribution in [2.45, 2.75) is 36.2 Å². The number of hydrogen-bond donors (Lipinski definition) is 1. The van der Waals surface area contributed by atoms with E-state index in [4.69, 9.17) is 24.3 Å². The van der Waals surface area contributed by atoms with Crippen LogP contribution in [0.15, 0.2) is 58.9 Å². The molecule has 2 heterocycles. The number of allylic oxidation sites excluding steroid dienone is 2. The molecule has 176 valence electrons. The molecule has 0 spiro atoms. The Balaban J connectivity index is 1.60. The lowest BCUT2D eigenvalue weighted by atomic mass is 9.85. The van der Waals surface area contributed by atoms with E-state index in [1.807, 2.05) is 30.3 Å². The fourth-order valence-corrected chi connectivity index (χ4v) is 5.33. The first-order valence-electron chi connectivity index (χ1n) is 11.1. The molecule has 1 atom stereocenters. The number of thioether (sulfide) groups is 1. The Morgan fingerprint density at radius 1 is 1.03 bits per heavy atom. The normalized spacial score (nSPS) is 17.0. The lowest BCUT2D eigenvalue weighted by Gasteiger charge is -2.33. The van der Waals surface area contributed by atoms with Crippen LogP contribution in [0.25, 0.3) is 0 Å². The van der Waals surface area contributed by atoms with E-state index in [1.165, 1.54) is 5.56 Å². The Bertz CT molecular complexity index is 1260. The SMILES string of the molecule is COc1ccc(C2C3=C(CCCC3=O)Nc3nc(SCc4ccccc4)nn32)c(OC)c1OC. The smallest absolute Gasteiger partial charge is 0.227 e. The number of Topliss-reactive ketones (excluding diaryl/α,β-unsaturated/α-hetero) is 1. The van der Waals surface area contributed by atoms with Crippen molar-refractivity contribution in [2.75, 3.05) is 26.6 Å². The summed E-state index contributed by atoms with van der Waals surface area (Å²) in [6, 6.07) is 13.5. The largest absolute Gasteiger partial charge is 0.493 e. The van der Waals surface area contributed by atoms with Gasteiger partial charge in [-0.05, 0) is 30.5 Å². The Morgan fingerprint density at radius 3 is 2.56 bits per heavy atom. The van der Waals surface area contributed by atoms with E-state index in [1.54, 1.807) is 37.8 Å². The minimum atomic E-state index is -0.479. The molecule has 1 aromatic heterocycles. The van der Waals surface area contributed by atoms with E-state index in [0.717, 1.165) is 29.9 Å². The van der Waals surface area contributed by atoms with Crippen LogP contribution >= 0.6 is 11.8 Å². The average molecular weight is 479 g/mol. The Morgan fingerprint density at radius 2 is 1.82 bits per heavy atom. The standard InChI is InChI=1S/C25H26N4O4S/c1-31-19-13-12-16(22(32-2)23(19)33-3)21-20-17(10-7-11-18(20)30)26-24-27-25(28-29(21)24)34-14-15-8-5-4-6-9-15/h4-6,8-9,12-13,21H,7,10-11,14H2,1-3H3,(H,26,27,28). The Kier molecular flexibility index (Phi) is 6.19. The number of ketones is 1. The van der Waals surface area contributed by atoms with Crippen LogP contribution in [-0.2, 0) is 10.5 Å². The molecule has 0 saturated carbocycles. The van der Waals surface area contributed by atoms with E-state index < -0.39 is 6.04 Å². The molecule has 5 rings (SSSR count). The van der Waals surface area contributed by atoms with Crippen LogP contribution in [0.2, 0.25) is 0 Å². The van der Waals surface area contributed by atoms with Crippen LogP contribution in [0.5, 0.6) is 17.2 Å². The molecule has 0 saturated heterocycles. The van der Waals surface area contributed by atoms with Crippen molar-refractivity contribution >= 4 is 23.5 Å². The van der Waals surface area contributed by atoms with Gasteiger partial charge in [-0.1, -0.05) is 42.1 Å². The molecule has 1 N–H and O–H groups in total. The summed E-state index contributed by atoms with van der Waals surface area (Å²) in [5.74, 6) is 3.02. The van der Waals surface area contributed by atoms with Crippen molar-refractivity contribution in [1.82, 2.24) is 14.8 Å². The molecule has 8 nitrogen and oxygen atoms in total. The molecular formula is C25H26N4O4S. The monoisotopic (exact) mass is 478 g/mol. The second-order valence-corrected chi connectivity index (χ2v) is 9.00. The summed E-state index contributed by atoms with van der Waals surface area (Å²) in [7, 11) is 4.74. The highest BCUT2D eigenvalue weighted by atomic mass is 32.2. The third kappa shape index (κ3) is 3.90. The van der Waals surface area contributed by atoms with Crippen molar-refractivity contribution in [3.8, 4) is 17.2 Å². The minimum absolute atomic E-state index is 0.107. The van der Waals surface area contributed by atoms with Gasteiger partial charge in [-0.3, -0.25) is 4.79 Å². The van der Waals surface area contributed by atoms with E-state index in [-0.39, 0.29) is 5.78 Å².